The van der Waals surface area contributed by atoms with Crippen LogP contribution >= 0.6 is 11.6 Å². The van der Waals surface area contributed by atoms with Gasteiger partial charge >= 0.3 is 12.1 Å². The maximum absolute atomic E-state index is 13.4. The Morgan fingerprint density at radius 3 is 2.44 bits per heavy atom. The highest BCUT2D eigenvalue weighted by Gasteiger charge is 2.39. The van der Waals surface area contributed by atoms with Crippen LogP contribution in [0.2, 0.25) is 5.15 Å². The lowest BCUT2D eigenvalue weighted by atomic mass is 10.1. The minimum absolute atomic E-state index is 0.0154. The summed E-state index contributed by atoms with van der Waals surface area (Å²) < 4.78 is 52.0. The zero-order valence-electron chi connectivity index (χ0n) is 15.4. The van der Waals surface area contributed by atoms with Crippen LogP contribution in [0.25, 0.3) is 0 Å². The van der Waals surface area contributed by atoms with Gasteiger partial charge < -0.3 is 9.47 Å². The lowest BCUT2D eigenvalue weighted by molar-refractivity contribution is -0.138. The van der Waals surface area contributed by atoms with Crippen LogP contribution in [0, 0.1) is 6.92 Å². The molecule has 2 aromatic heterocycles. The highest BCUT2D eigenvalue weighted by molar-refractivity contribution is 6.30. The fraction of sp³-hybridized carbons (Fsp3) is 0.471. The first kappa shape index (κ1) is 21.0. The Morgan fingerprint density at radius 2 is 1.93 bits per heavy atom. The van der Waals surface area contributed by atoms with Gasteiger partial charge in [-0.2, -0.15) is 18.3 Å². The van der Waals surface area contributed by atoms with Crippen LogP contribution in [0.15, 0.2) is 12.3 Å². The molecule has 0 atom stereocenters. The maximum Gasteiger partial charge on any atom is 0.422 e. The lowest BCUT2D eigenvalue weighted by Gasteiger charge is -2.23. The summed E-state index contributed by atoms with van der Waals surface area (Å²) in [5, 5.41) is 3.47. The van der Waals surface area contributed by atoms with Gasteiger partial charge in [0.1, 0.15) is 16.5 Å². The van der Waals surface area contributed by atoms with Gasteiger partial charge in [0, 0.05) is 11.8 Å². The molecule has 0 aliphatic carbocycles. The van der Waals surface area contributed by atoms with Crippen LogP contribution in [0.4, 0.5) is 13.2 Å². The van der Waals surface area contributed by atoms with Crippen LogP contribution < -0.4 is 4.74 Å². The average Bonchev–Trinajstić information content (AvgIpc) is 2.83. The number of ether oxygens (including phenoxy) is 2. The molecule has 10 heteroatoms. The number of carbonyl (C=O) groups is 1. The monoisotopic (exact) mass is 405 g/mol. The zero-order valence-corrected chi connectivity index (χ0v) is 16.2. The molecule has 2 aromatic rings. The van der Waals surface area contributed by atoms with Crippen LogP contribution in [-0.4, -0.2) is 27.3 Å². The number of carbonyl (C=O) groups excluding carboxylic acids is 1. The number of hydrogen-bond acceptors (Lipinski definition) is 5. The molecule has 0 amide bonds. The molecule has 2 rings (SSSR count). The summed E-state index contributed by atoms with van der Waals surface area (Å²) in [6, 6.07) is 1.05. The van der Waals surface area contributed by atoms with Gasteiger partial charge in [-0.15, -0.1) is 0 Å². The number of esters is 1. The largest absolute Gasteiger partial charge is 0.461 e. The molecule has 0 spiro atoms. The standard InChI is InChI=1S/C17H19ClF3N3O3/c1-6-26-15(25)12-9(2)14(24(23-12)16(3,4)5)27-10-7-8-22-13(18)11(10)17(19,20)21/h7-8H,6H2,1-5H3. The van der Waals surface area contributed by atoms with Gasteiger partial charge in [-0.25, -0.2) is 14.5 Å². The highest BCUT2D eigenvalue weighted by atomic mass is 35.5. The predicted molar refractivity (Wildman–Crippen MR) is 92.2 cm³/mol. The molecule has 27 heavy (non-hydrogen) atoms. The van der Waals surface area contributed by atoms with Gasteiger partial charge in [0.05, 0.1) is 12.1 Å². The molecule has 0 unspecified atom stereocenters. The molecule has 0 radical (unpaired) electrons. The third-order valence-electron chi connectivity index (χ3n) is 3.53. The first-order valence-electron chi connectivity index (χ1n) is 8.04. The van der Waals surface area contributed by atoms with Crippen molar-refractivity contribution in [2.75, 3.05) is 6.61 Å². The minimum atomic E-state index is -4.77. The quantitative estimate of drug-likeness (QED) is 0.530. The van der Waals surface area contributed by atoms with Gasteiger partial charge in [-0.3, -0.25) is 0 Å². The number of halogens is 4. The summed E-state index contributed by atoms with van der Waals surface area (Å²) >= 11 is 5.64. The zero-order chi connectivity index (χ0) is 20.6. The number of aromatic nitrogens is 3. The summed E-state index contributed by atoms with van der Waals surface area (Å²) in [6.45, 7) is 8.60. The molecule has 148 valence electrons. The van der Waals surface area contributed by atoms with E-state index >= 15 is 0 Å². The Morgan fingerprint density at radius 1 is 1.30 bits per heavy atom. The summed E-state index contributed by atoms with van der Waals surface area (Å²) in [5.41, 5.74) is -1.66. The number of hydrogen-bond donors (Lipinski definition) is 0. The second-order valence-electron chi connectivity index (χ2n) is 6.66. The van der Waals surface area contributed by atoms with E-state index in [0.717, 1.165) is 12.3 Å². The van der Waals surface area contributed by atoms with Crippen molar-refractivity contribution in [2.24, 2.45) is 0 Å². The van der Waals surface area contributed by atoms with E-state index in [1.54, 1.807) is 27.7 Å². The molecule has 0 bridgehead atoms. The number of nitrogens with zero attached hydrogens (tertiary/aromatic N) is 3. The molecular formula is C17H19ClF3N3O3. The van der Waals surface area contributed by atoms with E-state index < -0.39 is 34.2 Å². The van der Waals surface area contributed by atoms with E-state index in [9.17, 15) is 18.0 Å². The van der Waals surface area contributed by atoms with Crippen LogP contribution in [0.5, 0.6) is 11.6 Å². The molecule has 0 aromatic carbocycles. The first-order valence-corrected chi connectivity index (χ1v) is 8.42. The van der Waals surface area contributed by atoms with Crippen LogP contribution in [0.3, 0.4) is 0 Å². The molecule has 6 nitrogen and oxygen atoms in total. The van der Waals surface area contributed by atoms with Gasteiger partial charge in [0.25, 0.3) is 0 Å². The van der Waals surface area contributed by atoms with Crippen molar-refractivity contribution in [1.29, 1.82) is 0 Å². The van der Waals surface area contributed by atoms with Gasteiger partial charge in [0.15, 0.2) is 5.69 Å². The molecule has 0 aliphatic heterocycles. The van der Waals surface area contributed by atoms with Crippen molar-refractivity contribution < 1.29 is 27.4 Å². The van der Waals surface area contributed by atoms with E-state index in [2.05, 4.69) is 10.1 Å². The van der Waals surface area contributed by atoms with Crippen molar-refractivity contribution in [2.45, 2.75) is 46.3 Å². The molecule has 0 saturated carbocycles. The Labute approximate surface area is 159 Å². The van der Waals surface area contributed by atoms with Crippen molar-refractivity contribution in [1.82, 2.24) is 14.8 Å². The van der Waals surface area contributed by atoms with Crippen LogP contribution in [0.1, 0.15) is 49.3 Å². The second kappa shape index (κ2) is 7.38. The summed E-state index contributed by atoms with van der Waals surface area (Å²) in [6.07, 6.45) is -3.67. The predicted octanol–water partition coefficient (Wildman–Crippen LogP) is 4.98. The van der Waals surface area contributed by atoms with Crippen molar-refractivity contribution in [3.63, 3.8) is 0 Å². The fourth-order valence-electron chi connectivity index (χ4n) is 2.31. The van der Waals surface area contributed by atoms with Gasteiger partial charge in [-0.1, -0.05) is 11.6 Å². The van der Waals surface area contributed by atoms with E-state index in [-0.39, 0.29) is 23.7 Å². The Hall–Kier alpha value is -2.29. The number of rotatable bonds is 4. The van der Waals surface area contributed by atoms with E-state index in [1.165, 1.54) is 11.6 Å². The topological polar surface area (TPSA) is 66.2 Å². The Kier molecular flexibility index (Phi) is 5.74. The number of pyridine rings is 1. The molecule has 0 aliphatic rings. The molecular weight excluding hydrogens is 387 g/mol. The van der Waals surface area contributed by atoms with Crippen molar-refractivity contribution in [3.8, 4) is 11.6 Å². The second-order valence-corrected chi connectivity index (χ2v) is 7.01. The third kappa shape index (κ3) is 4.35. The normalized spacial score (nSPS) is 12.2. The molecule has 0 N–H and O–H groups in total. The summed E-state index contributed by atoms with van der Waals surface area (Å²) in [7, 11) is 0. The summed E-state index contributed by atoms with van der Waals surface area (Å²) in [4.78, 5) is 15.6. The smallest absolute Gasteiger partial charge is 0.422 e. The van der Waals surface area contributed by atoms with Crippen molar-refractivity contribution >= 4 is 17.6 Å². The molecule has 0 fully saturated rings. The Balaban J connectivity index is 2.64. The number of alkyl halides is 3. The maximum atomic E-state index is 13.4. The fourth-order valence-corrected chi connectivity index (χ4v) is 2.57. The van der Waals surface area contributed by atoms with E-state index in [4.69, 9.17) is 21.1 Å². The molecule has 0 saturated heterocycles. The SMILES string of the molecule is CCOC(=O)c1nn(C(C)(C)C)c(Oc2ccnc(Cl)c2C(F)(F)F)c1C. The van der Waals surface area contributed by atoms with E-state index in [1.807, 2.05) is 0 Å². The average molecular weight is 406 g/mol. The van der Waals surface area contributed by atoms with Crippen LogP contribution in [-0.2, 0) is 16.5 Å². The van der Waals surface area contributed by atoms with E-state index in [0.29, 0.717) is 0 Å². The molecule has 2 heterocycles. The van der Waals surface area contributed by atoms with Gasteiger partial charge in [-0.05, 0) is 40.7 Å². The minimum Gasteiger partial charge on any atom is -0.461 e. The van der Waals surface area contributed by atoms with Gasteiger partial charge in [0.2, 0.25) is 5.88 Å². The third-order valence-corrected chi connectivity index (χ3v) is 3.82. The summed E-state index contributed by atoms with van der Waals surface area (Å²) in [5.74, 6) is -1.24. The lowest BCUT2D eigenvalue weighted by Crippen LogP contribution is -2.24. The van der Waals surface area contributed by atoms with Crippen molar-refractivity contribution in [3.05, 3.63) is 34.2 Å². The Bertz CT molecular complexity index is 858. The first-order chi connectivity index (χ1) is 12.4. The highest BCUT2D eigenvalue weighted by Crippen LogP contribution is 2.42.